The van der Waals surface area contributed by atoms with Gasteiger partial charge in [0.1, 0.15) is 12.0 Å². The van der Waals surface area contributed by atoms with Crippen LogP contribution in [0.1, 0.15) is 0 Å². The third-order valence-corrected chi connectivity index (χ3v) is 2.27. The highest BCUT2D eigenvalue weighted by Gasteiger charge is 2.41. The second-order valence-corrected chi connectivity index (χ2v) is 2.97. The monoisotopic (exact) mass is 170 g/mol. The smallest absolute Gasteiger partial charge is 0.185 e. The van der Waals surface area contributed by atoms with Crippen molar-refractivity contribution in [2.24, 2.45) is 20.2 Å². The number of hydrogen-bond donors (Lipinski definition) is 0. The maximum Gasteiger partial charge on any atom is 0.185 e. The van der Waals surface area contributed by atoms with Crippen molar-refractivity contribution >= 4 is 12.1 Å². The van der Waals surface area contributed by atoms with Gasteiger partial charge in [-0.15, -0.1) is 0 Å². The summed E-state index contributed by atoms with van der Waals surface area (Å²) in [5.41, 5.74) is 1.22. The summed E-state index contributed by atoms with van der Waals surface area (Å²) in [5.74, 6) is 0. The lowest BCUT2D eigenvalue weighted by atomic mass is 9.87. The highest BCUT2D eigenvalue weighted by molar-refractivity contribution is 6.12. The van der Waals surface area contributed by atoms with Crippen molar-refractivity contribution in [3.63, 3.8) is 0 Å². The van der Waals surface area contributed by atoms with Crippen molar-refractivity contribution in [2.45, 2.75) is 5.54 Å². The molecule has 13 heavy (non-hydrogen) atoms. The van der Waals surface area contributed by atoms with Gasteiger partial charge in [0.15, 0.2) is 5.54 Å². The molecular formula is C9H6N4. The number of azo groups is 1. The Kier molecular flexibility index (Phi) is 1.07. The number of hydrogen-bond acceptors (Lipinski definition) is 4. The third-order valence-electron chi connectivity index (χ3n) is 2.27. The van der Waals surface area contributed by atoms with E-state index < -0.39 is 5.54 Å². The van der Waals surface area contributed by atoms with Crippen LogP contribution in [0.3, 0.4) is 0 Å². The van der Waals surface area contributed by atoms with Gasteiger partial charge in [-0.05, 0) is 12.2 Å². The molecule has 0 radical (unpaired) electrons. The summed E-state index contributed by atoms with van der Waals surface area (Å²) in [7, 11) is 0. The number of nitrogens with zero attached hydrogens (tertiary/aromatic N) is 4. The van der Waals surface area contributed by atoms with E-state index in [1.54, 1.807) is 12.5 Å². The van der Waals surface area contributed by atoms with Gasteiger partial charge in [-0.2, -0.15) is 10.2 Å². The summed E-state index contributed by atoms with van der Waals surface area (Å²) in [6, 6.07) is 0. The Morgan fingerprint density at radius 1 is 1.23 bits per heavy atom. The van der Waals surface area contributed by atoms with Gasteiger partial charge in [-0.3, -0.25) is 0 Å². The second kappa shape index (κ2) is 2.10. The summed E-state index contributed by atoms with van der Waals surface area (Å²) in [5, 5.41) is 8.05. The van der Waals surface area contributed by atoms with Crippen LogP contribution in [-0.4, -0.2) is 17.6 Å². The Morgan fingerprint density at radius 3 is 3.23 bits per heavy atom. The zero-order chi connectivity index (χ0) is 8.73. The molecule has 2 aliphatic heterocycles. The van der Waals surface area contributed by atoms with Gasteiger partial charge < -0.3 is 0 Å². The summed E-state index contributed by atoms with van der Waals surface area (Å²) >= 11 is 0. The van der Waals surface area contributed by atoms with Crippen LogP contribution in [0.25, 0.3) is 0 Å². The molecule has 0 aromatic rings. The molecule has 4 heteroatoms. The molecule has 0 aromatic carbocycles. The molecule has 0 bridgehead atoms. The fourth-order valence-electron chi connectivity index (χ4n) is 1.61. The summed E-state index contributed by atoms with van der Waals surface area (Å²) in [4.78, 5) is 8.32. The minimum Gasteiger partial charge on any atom is -0.238 e. The number of aliphatic imine (C=N–C) groups is 2. The minimum atomic E-state index is -0.510. The molecule has 0 saturated heterocycles. The summed E-state index contributed by atoms with van der Waals surface area (Å²) < 4.78 is 0. The first-order valence-electron chi connectivity index (χ1n) is 4.01. The predicted octanol–water partition coefficient (Wildman–Crippen LogP) is 1.64. The van der Waals surface area contributed by atoms with Gasteiger partial charge in [0, 0.05) is 0 Å². The summed E-state index contributed by atoms with van der Waals surface area (Å²) in [6.07, 6.45) is 11.0. The average Bonchev–Trinajstić information content (AvgIpc) is 2.58. The molecule has 0 amide bonds. The largest absolute Gasteiger partial charge is 0.238 e. The molecule has 0 saturated carbocycles. The highest BCUT2D eigenvalue weighted by atomic mass is 15.2. The lowest BCUT2D eigenvalue weighted by Crippen LogP contribution is -2.36. The molecule has 1 spiro atoms. The SMILES string of the molecule is C1=CC2=NC=NC3=CN=NC32C=C1. The number of rotatable bonds is 0. The van der Waals surface area contributed by atoms with E-state index in [2.05, 4.69) is 20.2 Å². The first kappa shape index (κ1) is 6.65. The summed E-state index contributed by atoms with van der Waals surface area (Å²) in [6.45, 7) is 0. The van der Waals surface area contributed by atoms with Crippen LogP contribution in [0.5, 0.6) is 0 Å². The normalized spacial score (nSPS) is 32.6. The van der Waals surface area contributed by atoms with Crippen LogP contribution in [-0.2, 0) is 0 Å². The van der Waals surface area contributed by atoms with E-state index in [9.17, 15) is 0 Å². The Hall–Kier alpha value is -1.84. The predicted molar refractivity (Wildman–Crippen MR) is 49.9 cm³/mol. The van der Waals surface area contributed by atoms with Gasteiger partial charge in [0.25, 0.3) is 0 Å². The second-order valence-electron chi connectivity index (χ2n) is 2.97. The van der Waals surface area contributed by atoms with Crippen LogP contribution in [0.2, 0.25) is 0 Å². The third kappa shape index (κ3) is 0.697. The van der Waals surface area contributed by atoms with Crippen LogP contribution in [0.15, 0.2) is 56.4 Å². The number of allylic oxidation sites excluding steroid dienone is 2. The quantitative estimate of drug-likeness (QED) is 0.530. The molecule has 1 aliphatic carbocycles. The zero-order valence-corrected chi connectivity index (χ0v) is 6.75. The van der Waals surface area contributed by atoms with E-state index in [1.807, 2.05) is 24.3 Å². The molecule has 4 nitrogen and oxygen atoms in total. The van der Waals surface area contributed by atoms with Gasteiger partial charge in [0.2, 0.25) is 0 Å². The van der Waals surface area contributed by atoms with E-state index >= 15 is 0 Å². The van der Waals surface area contributed by atoms with E-state index in [1.165, 1.54) is 0 Å². The molecule has 1 unspecified atom stereocenters. The Morgan fingerprint density at radius 2 is 2.23 bits per heavy atom. The first-order valence-corrected chi connectivity index (χ1v) is 4.01. The van der Waals surface area contributed by atoms with Gasteiger partial charge >= 0.3 is 0 Å². The van der Waals surface area contributed by atoms with Crippen LogP contribution >= 0.6 is 0 Å². The van der Waals surface area contributed by atoms with Crippen LogP contribution in [0.4, 0.5) is 0 Å². The van der Waals surface area contributed by atoms with Crippen molar-refractivity contribution < 1.29 is 0 Å². The first-order chi connectivity index (χ1) is 6.42. The molecule has 0 aromatic heterocycles. The van der Waals surface area contributed by atoms with Crippen molar-refractivity contribution in [2.75, 3.05) is 0 Å². The van der Waals surface area contributed by atoms with E-state index in [-0.39, 0.29) is 0 Å². The molecule has 3 rings (SSSR count). The lowest BCUT2D eigenvalue weighted by Gasteiger charge is -2.25. The standard InChI is InChI=1S/C9H6N4/c1-2-4-9-7(3-1)10-6-11-8(9)5-12-13-9/h1-6H. The van der Waals surface area contributed by atoms with E-state index in [4.69, 9.17) is 0 Å². The van der Waals surface area contributed by atoms with Crippen molar-refractivity contribution in [3.8, 4) is 0 Å². The van der Waals surface area contributed by atoms with Gasteiger partial charge in [-0.1, -0.05) is 12.2 Å². The maximum absolute atomic E-state index is 4.18. The van der Waals surface area contributed by atoms with Crippen LogP contribution in [0, 0.1) is 0 Å². The van der Waals surface area contributed by atoms with Gasteiger partial charge in [0.05, 0.1) is 11.9 Å². The highest BCUT2D eigenvalue weighted by Crippen LogP contribution is 2.35. The van der Waals surface area contributed by atoms with Crippen LogP contribution < -0.4 is 0 Å². The Balaban J connectivity index is 2.28. The van der Waals surface area contributed by atoms with Gasteiger partial charge in [-0.25, -0.2) is 9.98 Å². The molecule has 0 N–H and O–H groups in total. The zero-order valence-electron chi connectivity index (χ0n) is 6.75. The molecule has 62 valence electrons. The topological polar surface area (TPSA) is 49.4 Å². The Bertz CT molecular complexity index is 437. The fourth-order valence-corrected chi connectivity index (χ4v) is 1.61. The maximum atomic E-state index is 4.18. The molecule has 0 fully saturated rings. The van der Waals surface area contributed by atoms with Crippen molar-refractivity contribution in [3.05, 3.63) is 36.2 Å². The van der Waals surface area contributed by atoms with Crippen molar-refractivity contribution in [1.82, 2.24) is 0 Å². The van der Waals surface area contributed by atoms with E-state index in [0.29, 0.717) is 0 Å². The molecule has 2 heterocycles. The van der Waals surface area contributed by atoms with E-state index in [0.717, 1.165) is 11.4 Å². The average molecular weight is 170 g/mol. The minimum absolute atomic E-state index is 0.510. The molecule has 3 aliphatic rings. The van der Waals surface area contributed by atoms with Crippen molar-refractivity contribution in [1.29, 1.82) is 0 Å². The fraction of sp³-hybridized carbons (Fsp3) is 0.111. The lowest BCUT2D eigenvalue weighted by molar-refractivity contribution is 0.788. The molecular weight excluding hydrogens is 164 g/mol. The molecule has 1 atom stereocenters. The Labute approximate surface area is 74.8 Å².